The van der Waals surface area contributed by atoms with Crippen molar-refractivity contribution in [1.29, 1.82) is 0 Å². The van der Waals surface area contributed by atoms with Crippen LogP contribution in [0, 0.1) is 6.92 Å². The second kappa shape index (κ2) is 4.28. The molecule has 2 aromatic rings. The first kappa shape index (κ1) is 11.2. The number of rotatable bonds is 2. The molecule has 82 valence electrons. The molecule has 0 radical (unpaired) electrons. The molecule has 0 aliphatic heterocycles. The van der Waals surface area contributed by atoms with Gasteiger partial charge in [-0.15, -0.1) is 11.3 Å². The van der Waals surface area contributed by atoms with Gasteiger partial charge in [0.25, 0.3) is 0 Å². The normalized spacial score (nSPS) is 10.4. The Bertz CT molecular complexity index is 511. The third kappa shape index (κ3) is 1.96. The molecule has 0 bridgehead atoms. The lowest BCUT2D eigenvalue weighted by atomic mass is 10.0. The molecule has 0 aliphatic rings. The number of halogens is 1. The van der Waals surface area contributed by atoms with Crippen LogP contribution in [0.3, 0.4) is 0 Å². The summed E-state index contributed by atoms with van der Waals surface area (Å²) in [5.74, 6) is -0.0482. The number of nitrogen functional groups attached to an aromatic ring is 1. The third-order valence-corrected chi connectivity index (χ3v) is 3.52. The Labute approximate surface area is 103 Å². The van der Waals surface area contributed by atoms with E-state index in [1.807, 2.05) is 12.3 Å². The van der Waals surface area contributed by atoms with Crippen molar-refractivity contribution < 1.29 is 4.79 Å². The molecule has 0 saturated carbocycles. The molecule has 2 nitrogen and oxygen atoms in total. The Kier molecular flexibility index (Phi) is 2.99. The van der Waals surface area contributed by atoms with E-state index in [1.54, 1.807) is 24.3 Å². The lowest BCUT2D eigenvalue weighted by Crippen LogP contribution is -2.04. The maximum atomic E-state index is 12.1. The maximum Gasteiger partial charge on any atom is 0.196 e. The van der Waals surface area contributed by atoms with E-state index in [-0.39, 0.29) is 5.78 Å². The molecule has 0 unspecified atom stereocenters. The number of benzene rings is 1. The number of thiophene rings is 1. The zero-order chi connectivity index (χ0) is 11.7. The topological polar surface area (TPSA) is 43.1 Å². The molecular formula is C12H10ClNOS. The minimum atomic E-state index is -0.0482. The molecule has 0 amide bonds. The molecule has 1 aromatic heterocycles. The van der Waals surface area contributed by atoms with E-state index in [4.69, 9.17) is 17.3 Å². The second-order valence-corrected chi connectivity index (χ2v) is 4.84. The standard InChI is InChI=1S/C12H10ClNOS/c1-7-6-16-12(14)10(7)11(15)8-2-4-9(13)5-3-8/h2-6H,14H2,1H3. The zero-order valence-corrected chi connectivity index (χ0v) is 10.2. The number of nitrogens with two attached hydrogens (primary N) is 1. The van der Waals surface area contributed by atoms with E-state index in [0.29, 0.717) is 21.2 Å². The van der Waals surface area contributed by atoms with Crippen LogP contribution < -0.4 is 5.73 Å². The Morgan fingerprint density at radius 3 is 2.44 bits per heavy atom. The SMILES string of the molecule is Cc1csc(N)c1C(=O)c1ccc(Cl)cc1. The van der Waals surface area contributed by atoms with Gasteiger partial charge in [-0.05, 0) is 42.1 Å². The number of carbonyl (C=O) groups is 1. The van der Waals surface area contributed by atoms with Gasteiger partial charge in [0.05, 0.1) is 10.6 Å². The van der Waals surface area contributed by atoms with Crippen LogP contribution in [-0.4, -0.2) is 5.78 Å². The molecule has 0 aliphatic carbocycles. The highest BCUT2D eigenvalue weighted by Gasteiger charge is 2.16. The van der Waals surface area contributed by atoms with Crippen LogP contribution in [-0.2, 0) is 0 Å². The van der Waals surface area contributed by atoms with Gasteiger partial charge < -0.3 is 5.73 Å². The fourth-order valence-electron chi connectivity index (χ4n) is 1.50. The first-order chi connectivity index (χ1) is 7.59. The largest absolute Gasteiger partial charge is 0.390 e. The second-order valence-electron chi connectivity index (χ2n) is 3.49. The maximum absolute atomic E-state index is 12.1. The highest BCUT2D eigenvalue weighted by molar-refractivity contribution is 7.14. The van der Waals surface area contributed by atoms with Crippen LogP contribution in [0.15, 0.2) is 29.6 Å². The molecule has 1 heterocycles. The van der Waals surface area contributed by atoms with Gasteiger partial charge in [0.15, 0.2) is 5.78 Å². The van der Waals surface area contributed by atoms with Crippen molar-refractivity contribution in [1.82, 2.24) is 0 Å². The Hall–Kier alpha value is -1.32. The van der Waals surface area contributed by atoms with Crippen LogP contribution in [0.5, 0.6) is 0 Å². The van der Waals surface area contributed by atoms with Crippen molar-refractivity contribution in [2.45, 2.75) is 6.92 Å². The van der Waals surface area contributed by atoms with Crippen molar-refractivity contribution in [3.63, 3.8) is 0 Å². The summed E-state index contributed by atoms with van der Waals surface area (Å²) in [5, 5.41) is 3.07. The van der Waals surface area contributed by atoms with Gasteiger partial charge in [0, 0.05) is 10.6 Å². The van der Waals surface area contributed by atoms with E-state index >= 15 is 0 Å². The fourth-order valence-corrected chi connectivity index (χ4v) is 2.42. The summed E-state index contributed by atoms with van der Waals surface area (Å²) in [6, 6.07) is 6.82. The number of hydrogen-bond acceptors (Lipinski definition) is 3. The van der Waals surface area contributed by atoms with Gasteiger partial charge in [-0.3, -0.25) is 4.79 Å². The Balaban J connectivity index is 2.43. The molecule has 0 fully saturated rings. The van der Waals surface area contributed by atoms with Crippen LogP contribution in [0.4, 0.5) is 5.00 Å². The predicted octanol–water partition coefficient (Wildman–Crippen LogP) is 3.52. The van der Waals surface area contributed by atoms with Gasteiger partial charge >= 0.3 is 0 Å². The summed E-state index contributed by atoms with van der Waals surface area (Å²) in [7, 11) is 0. The highest BCUT2D eigenvalue weighted by atomic mass is 35.5. The van der Waals surface area contributed by atoms with Gasteiger partial charge in [0.2, 0.25) is 0 Å². The van der Waals surface area contributed by atoms with E-state index in [1.165, 1.54) is 11.3 Å². The van der Waals surface area contributed by atoms with Gasteiger partial charge in [0.1, 0.15) is 0 Å². The summed E-state index contributed by atoms with van der Waals surface area (Å²) in [5.41, 5.74) is 7.91. The van der Waals surface area contributed by atoms with Crippen molar-refractivity contribution in [3.8, 4) is 0 Å². The summed E-state index contributed by atoms with van der Waals surface area (Å²) in [6.07, 6.45) is 0. The van der Waals surface area contributed by atoms with Crippen LogP contribution in [0.2, 0.25) is 5.02 Å². The van der Waals surface area contributed by atoms with Crippen molar-refractivity contribution in [3.05, 3.63) is 51.4 Å². The molecule has 0 atom stereocenters. The fraction of sp³-hybridized carbons (Fsp3) is 0.0833. The van der Waals surface area contributed by atoms with Gasteiger partial charge in [-0.1, -0.05) is 11.6 Å². The van der Waals surface area contributed by atoms with Crippen LogP contribution in [0.1, 0.15) is 21.5 Å². The van der Waals surface area contributed by atoms with E-state index in [2.05, 4.69) is 0 Å². The monoisotopic (exact) mass is 251 g/mol. The van der Waals surface area contributed by atoms with E-state index in [9.17, 15) is 4.79 Å². The van der Waals surface area contributed by atoms with Crippen molar-refractivity contribution in [2.24, 2.45) is 0 Å². The number of ketones is 1. The molecule has 4 heteroatoms. The lowest BCUT2D eigenvalue weighted by molar-refractivity contribution is 0.103. The number of aryl methyl sites for hydroxylation is 1. The average molecular weight is 252 g/mol. The van der Waals surface area contributed by atoms with E-state index in [0.717, 1.165) is 5.56 Å². The molecule has 0 saturated heterocycles. The molecule has 2 rings (SSSR count). The van der Waals surface area contributed by atoms with Crippen LogP contribution >= 0.6 is 22.9 Å². The molecule has 2 N–H and O–H groups in total. The van der Waals surface area contributed by atoms with Crippen LogP contribution in [0.25, 0.3) is 0 Å². The number of carbonyl (C=O) groups excluding carboxylic acids is 1. The summed E-state index contributed by atoms with van der Waals surface area (Å²) >= 11 is 7.16. The average Bonchev–Trinajstić information content (AvgIpc) is 2.59. The zero-order valence-electron chi connectivity index (χ0n) is 8.66. The summed E-state index contributed by atoms with van der Waals surface area (Å²) in [6.45, 7) is 1.88. The summed E-state index contributed by atoms with van der Waals surface area (Å²) in [4.78, 5) is 12.1. The van der Waals surface area contributed by atoms with Gasteiger partial charge in [-0.2, -0.15) is 0 Å². The summed E-state index contributed by atoms with van der Waals surface area (Å²) < 4.78 is 0. The quantitative estimate of drug-likeness (QED) is 0.830. The van der Waals surface area contributed by atoms with Gasteiger partial charge in [-0.25, -0.2) is 0 Å². The molecule has 16 heavy (non-hydrogen) atoms. The minimum Gasteiger partial charge on any atom is -0.390 e. The number of anilines is 1. The Morgan fingerprint density at radius 1 is 1.31 bits per heavy atom. The number of hydrogen-bond donors (Lipinski definition) is 1. The van der Waals surface area contributed by atoms with Crippen molar-refractivity contribution in [2.75, 3.05) is 5.73 Å². The first-order valence-corrected chi connectivity index (χ1v) is 5.99. The minimum absolute atomic E-state index is 0.0482. The molecular weight excluding hydrogens is 242 g/mol. The highest BCUT2D eigenvalue weighted by Crippen LogP contribution is 2.27. The van der Waals surface area contributed by atoms with Crippen molar-refractivity contribution >= 4 is 33.7 Å². The predicted molar refractivity (Wildman–Crippen MR) is 68.4 cm³/mol. The Morgan fingerprint density at radius 2 is 1.94 bits per heavy atom. The molecule has 0 spiro atoms. The molecule has 1 aromatic carbocycles. The smallest absolute Gasteiger partial charge is 0.196 e. The first-order valence-electron chi connectivity index (χ1n) is 4.73. The third-order valence-electron chi connectivity index (χ3n) is 2.34. The lowest BCUT2D eigenvalue weighted by Gasteiger charge is -2.02. The van der Waals surface area contributed by atoms with E-state index < -0.39 is 0 Å².